The number of fused-ring (bicyclic) bond motifs is 2. The molecular weight excluding hydrogens is 358 g/mol. The van der Waals surface area contributed by atoms with E-state index < -0.39 is 0 Å². The Hall–Kier alpha value is -3.16. The van der Waals surface area contributed by atoms with Crippen molar-refractivity contribution in [1.29, 1.82) is 0 Å². The van der Waals surface area contributed by atoms with Gasteiger partial charge in [0.2, 0.25) is 0 Å². The lowest BCUT2D eigenvalue weighted by molar-refractivity contribution is 0.0736. The van der Waals surface area contributed by atoms with Crippen LogP contribution < -0.4 is 9.47 Å². The van der Waals surface area contributed by atoms with E-state index in [1.165, 1.54) is 6.33 Å². The SMILES string of the molecule is CC(C)c1cc(C(=O)N(C)C(C)c2ccc3c(c2)OCCO3)nc2ncnn12. The van der Waals surface area contributed by atoms with Crippen LogP contribution in [0.15, 0.2) is 30.6 Å². The number of nitrogens with zero attached hydrogens (tertiary/aromatic N) is 5. The molecule has 1 unspecified atom stereocenters. The quantitative estimate of drug-likeness (QED) is 0.691. The van der Waals surface area contributed by atoms with Crippen LogP contribution in [0.4, 0.5) is 0 Å². The first kappa shape index (κ1) is 18.2. The molecule has 3 heterocycles. The fourth-order valence-electron chi connectivity index (χ4n) is 3.26. The zero-order valence-electron chi connectivity index (χ0n) is 16.4. The molecule has 0 saturated carbocycles. The summed E-state index contributed by atoms with van der Waals surface area (Å²) in [5.74, 6) is 1.88. The number of benzene rings is 1. The molecule has 8 nitrogen and oxygen atoms in total. The number of aromatic nitrogens is 4. The summed E-state index contributed by atoms with van der Waals surface area (Å²) in [6, 6.07) is 7.40. The van der Waals surface area contributed by atoms with Gasteiger partial charge in [0.15, 0.2) is 11.5 Å². The second kappa shape index (κ2) is 7.10. The van der Waals surface area contributed by atoms with Gasteiger partial charge in [0.1, 0.15) is 25.2 Å². The van der Waals surface area contributed by atoms with Gasteiger partial charge in [-0.1, -0.05) is 19.9 Å². The highest BCUT2D eigenvalue weighted by Crippen LogP contribution is 2.34. The Morgan fingerprint density at radius 2 is 1.89 bits per heavy atom. The highest BCUT2D eigenvalue weighted by molar-refractivity contribution is 5.93. The Labute approximate surface area is 163 Å². The van der Waals surface area contributed by atoms with E-state index in [9.17, 15) is 4.79 Å². The fourth-order valence-corrected chi connectivity index (χ4v) is 3.26. The van der Waals surface area contributed by atoms with Crippen molar-refractivity contribution in [3.05, 3.63) is 47.5 Å². The number of rotatable bonds is 4. The van der Waals surface area contributed by atoms with Crippen LogP contribution in [0.1, 0.15) is 54.5 Å². The third kappa shape index (κ3) is 3.15. The first-order chi connectivity index (χ1) is 13.5. The van der Waals surface area contributed by atoms with Crippen LogP contribution in [0.5, 0.6) is 11.5 Å². The predicted octanol–water partition coefficient (Wildman–Crippen LogP) is 2.85. The summed E-state index contributed by atoms with van der Waals surface area (Å²) < 4.78 is 12.9. The van der Waals surface area contributed by atoms with E-state index in [4.69, 9.17) is 9.47 Å². The normalized spacial score (nSPS) is 14.3. The number of carbonyl (C=O) groups is 1. The zero-order valence-corrected chi connectivity index (χ0v) is 16.4. The second-order valence-electron chi connectivity index (χ2n) is 7.19. The summed E-state index contributed by atoms with van der Waals surface area (Å²) in [5.41, 5.74) is 2.22. The molecule has 0 saturated heterocycles. The summed E-state index contributed by atoms with van der Waals surface area (Å²) >= 11 is 0. The predicted molar refractivity (Wildman–Crippen MR) is 103 cm³/mol. The van der Waals surface area contributed by atoms with E-state index >= 15 is 0 Å². The summed E-state index contributed by atoms with van der Waals surface area (Å²) in [6.45, 7) is 7.15. The minimum atomic E-state index is -0.171. The van der Waals surface area contributed by atoms with Crippen molar-refractivity contribution in [3.63, 3.8) is 0 Å². The molecule has 1 aliphatic heterocycles. The number of amides is 1. The van der Waals surface area contributed by atoms with Gasteiger partial charge in [-0.2, -0.15) is 10.1 Å². The van der Waals surface area contributed by atoms with Crippen LogP contribution >= 0.6 is 0 Å². The van der Waals surface area contributed by atoms with E-state index in [2.05, 4.69) is 15.1 Å². The van der Waals surface area contributed by atoms with Crippen molar-refractivity contribution in [2.75, 3.05) is 20.3 Å². The van der Waals surface area contributed by atoms with Crippen LogP contribution in [0.25, 0.3) is 5.78 Å². The topological polar surface area (TPSA) is 81.9 Å². The number of ether oxygens (including phenoxy) is 2. The van der Waals surface area contributed by atoms with Gasteiger partial charge in [-0.25, -0.2) is 9.50 Å². The van der Waals surface area contributed by atoms with Gasteiger partial charge in [0.25, 0.3) is 11.7 Å². The number of hydrogen-bond acceptors (Lipinski definition) is 6. The molecule has 3 aromatic rings. The standard InChI is InChI=1S/C20H23N5O3/c1-12(2)16-10-15(23-20-21-11-22-25(16)20)19(26)24(4)13(3)14-5-6-17-18(9-14)28-8-7-27-17/h5-6,9-13H,7-8H2,1-4H3. The van der Waals surface area contributed by atoms with Crippen LogP contribution in [0.3, 0.4) is 0 Å². The highest BCUT2D eigenvalue weighted by atomic mass is 16.6. The Morgan fingerprint density at radius 1 is 1.14 bits per heavy atom. The summed E-state index contributed by atoms with van der Waals surface area (Å²) in [7, 11) is 1.77. The van der Waals surface area contributed by atoms with E-state index in [-0.39, 0.29) is 17.9 Å². The van der Waals surface area contributed by atoms with Crippen molar-refractivity contribution < 1.29 is 14.3 Å². The van der Waals surface area contributed by atoms with Gasteiger partial charge in [-0.05, 0) is 36.6 Å². The lowest BCUT2D eigenvalue weighted by Crippen LogP contribution is -2.31. The molecule has 0 radical (unpaired) electrons. The average molecular weight is 381 g/mol. The first-order valence-corrected chi connectivity index (χ1v) is 9.33. The average Bonchev–Trinajstić information content (AvgIpc) is 3.19. The molecule has 0 spiro atoms. The van der Waals surface area contributed by atoms with E-state index in [1.807, 2.05) is 39.0 Å². The Morgan fingerprint density at radius 3 is 2.64 bits per heavy atom. The van der Waals surface area contributed by atoms with Gasteiger partial charge in [0, 0.05) is 7.05 Å². The molecule has 0 N–H and O–H groups in total. The van der Waals surface area contributed by atoms with Crippen molar-refractivity contribution >= 4 is 11.7 Å². The molecule has 2 aromatic heterocycles. The molecule has 4 rings (SSSR count). The summed E-state index contributed by atoms with van der Waals surface area (Å²) in [4.78, 5) is 23.4. The molecular formula is C20H23N5O3. The third-order valence-corrected chi connectivity index (χ3v) is 5.04. The maximum absolute atomic E-state index is 13.1. The number of hydrogen-bond donors (Lipinski definition) is 0. The van der Waals surface area contributed by atoms with E-state index in [0.717, 1.165) is 17.0 Å². The van der Waals surface area contributed by atoms with Gasteiger partial charge >= 0.3 is 0 Å². The first-order valence-electron chi connectivity index (χ1n) is 9.33. The monoisotopic (exact) mass is 381 g/mol. The van der Waals surface area contributed by atoms with Crippen LogP contribution in [0.2, 0.25) is 0 Å². The number of carbonyl (C=O) groups excluding carboxylic acids is 1. The molecule has 146 valence electrons. The molecule has 1 amide bonds. The summed E-state index contributed by atoms with van der Waals surface area (Å²) in [5, 5.41) is 4.20. The molecule has 1 aromatic carbocycles. The van der Waals surface area contributed by atoms with E-state index in [1.54, 1.807) is 22.5 Å². The van der Waals surface area contributed by atoms with Crippen LogP contribution in [0, 0.1) is 0 Å². The second-order valence-corrected chi connectivity index (χ2v) is 7.19. The van der Waals surface area contributed by atoms with Crippen LogP contribution in [-0.4, -0.2) is 50.7 Å². The van der Waals surface area contributed by atoms with Gasteiger partial charge in [0.05, 0.1) is 11.7 Å². The van der Waals surface area contributed by atoms with E-state index in [0.29, 0.717) is 30.4 Å². The van der Waals surface area contributed by atoms with Crippen molar-refractivity contribution in [1.82, 2.24) is 24.5 Å². The molecule has 8 heteroatoms. The van der Waals surface area contributed by atoms with Crippen LogP contribution in [-0.2, 0) is 0 Å². The summed E-state index contributed by atoms with van der Waals surface area (Å²) in [6.07, 6.45) is 1.45. The third-order valence-electron chi connectivity index (χ3n) is 5.04. The maximum atomic E-state index is 13.1. The molecule has 0 bridgehead atoms. The Balaban J connectivity index is 1.63. The van der Waals surface area contributed by atoms with Gasteiger partial charge in [-0.15, -0.1) is 0 Å². The van der Waals surface area contributed by atoms with Crippen molar-refractivity contribution in [2.45, 2.75) is 32.7 Å². The Kier molecular flexibility index (Phi) is 4.62. The molecule has 0 fully saturated rings. The molecule has 0 aliphatic carbocycles. The Bertz CT molecular complexity index is 1030. The lowest BCUT2D eigenvalue weighted by Gasteiger charge is -2.27. The zero-order chi connectivity index (χ0) is 19.8. The smallest absolute Gasteiger partial charge is 0.272 e. The van der Waals surface area contributed by atoms with Gasteiger partial charge in [-0.3, -0.25) is 4.79 Å². The molecule has 1 aliphatic rings. The lowest BCUT2D eigenvalue weighted by atomic mass is 10.1. The van der Waals surface area contributed by atoms with Crippen molar-refractivity contribution in [2.24, 2.45) is 0 Å². The van der Waals surface area contributed by atoms with Crippen molar-refractivity contribution in [3.8, 4) is 11.5 Å². The van der Waals surface area contributed by atoms with Gasteiger partial charge < -0.3 is 14.4 Å². The fraction of sp³-hybridized carbons (Fsp3) is 0.400. The largest absolute Gasteiger partial charge is 0.486 e. The highest BCUT2D eigenvalue weighted by Gasteiger charge is 2.24. The maximum Gasteiger partial charge on any atom is 0.272 e. The molecule has 28 heavy (non-hydrogen) atoms. The minimum Gasteiger partial charge on any atom is -0.486 e. The molecule has 1 atom stereocenters. The minimum absolute atomic E-state index is 0.165.